The van der Waals surface area contributed by atoms with Gasteiger partial charge in [0.25, 0.3) is 0 Å². The number of nitrogens with one attached hydrogen (secondary N) is 2. The zero-order valence-corrected chi connectivity index (χ0v) is 24.5. The third-order valence-electron chi connectivity index (χ3n) is 7.66. The third kappa shape index (κ3) is 9.61. The maximum atomic E-state index is 13.9. The standard InChI is InChI=1S/C30H43F2N3O4S/c1-29(2,3)22-9-7-10-23(18-22)30(12-5-4-6-13-30)34-20-27(36)26(17-21-15-24(31)19-25(32)16-21)35-28(37)11-8-14-40(33,38)39/h7,9-10,15-16,18-19,26-27,34,36H,4-6,8,11-14,17,20H2,1-3H3,(H,35,37)(H2,33,38,39)/t26-,27-/m0/s1. The molecule has 1 saturated carbocycles. The number of rotatable bonds is 12. The van der Waals surface area contributed by atoms with Crippen LogP contribution in [0.4, 0.5) is 8.78 Å². The van der Waals surface area contributed by atoms with Crippen molar-refractivity contribution in [3.63, 3.8) is 0 Å². The number of carbonyl (C=O) groups is 1. The van der Waals surface area contributed by atoms with Gasteiger partial charge in [0, 0.05) is 24.6 Å². The molecule has 10 heteroatoms. The molecule has 222 valence electrons. The van der Waals surface area contributed by atoms with E-state index in [0.717, 1.165) is 43.7 Å². The van der Waals surface area contributed by atoms with Gasteiger partial charge in [-0.1, -0.05) is 64.3 Å². The molecule has 0 radical (unpaired) electrons. The largest absolute Gasteiger partial charge is 0.390 e. The second kappa shape index (κ2) is 13.5. The van der Waals surface area contributed by atoms with Crippen molar-refractivity contribution in [1.29, 1.82) is 0 Å². The van der Waals surface area contributed by atoms with Gasteiger partial charge in [-0.3, -0.25) is 4.79 Å². The van der Waals surface area contributed by atoms with Gasteiger partial charge in [0.05, 0.1) is 17.9 Å². The lowest BCUT2D eigenvalue weighted by atomic mass is 9.74. The van der Waals surface area contributed by atoms with E-state index in [0.29, 0.717) is 0 Å². The second-order valence-electron chi connectivity index (χ2n) is 12.0. The molecule has 2 aromatic carbocycles. The fourth-order valence-electron chi connectivity index (χ4n) is 5.43. The van der Waals surface area contributed by atoms with Gasteiger partial charge >= 0.3 is 0 Å². The normalized spacial score (nSPS) is 17.3. The molecule has 5 N–H and O–H groups in total. The van der Waals surface area contributed by atoms with Crippen LogP contribution in [0.15, 0.2) is 42.5 Å². The predicted octanol–water partition coefficient (Wildman–Crippen LogP) is 4.17. The molecule has 0 aliphatic heterocycles. The van der Waals surface area contributed by atoms with Crippen LogP contribution in [0.3, 0.4) is 0 Å². The molecule has 0 bridgehead atoms. The van der Waals surface area contributed by atoms with Gasteiger partial charge in [0.1, 0.15) is 11.6 Å². The van der Waals surface area contributed by atoms with Crippen LogP contribution in [0.2, 0.25) is 0 Å². The Morgan fingerprint density at radius 3 is 2.33 bits per heavy atom. The number of aliphatic hydroxyl groups excluding tert-OH is 1. The molecule has 0 unspecified atom stereocenters. The molecule has 0 saturated heterocycles. The summed E-state index contributed by atoms with van der Waals surface area (Å²) in [6, 6.07) is 10.8. The monoisotopic (exact) mass is 579 g/mol. The van der Waals surface area contributed by atoms with Crippen molar-refractivity contribution in [2.24, 2.45) is 5.14 Å². The van der Waals surface area contributed by atoms with Gasteiger partial charge < -0.3 is 15.7 Å². The zero-order chi connectivity index (χ0) is 29.6. The second-order valence-corrected chi connectivity index (χ2v) is 13.8. The highest BCUT2D eigenvalue weighted by Gasteiger charge is 2.35. The molecule has 1 aliphatic carbocycles. The number of carbonyl (C=O) groups excluding carboxylic acids is 1. The lowest BCUT2D eigenvalue weighted by Crippen LogP contribution is -2.53. The molecular weight excluding hydrogens is 536 g/mol. The Morgan fingerprint density at radius 1 is 1.07 bits per heavy atom. The van der Waals surface area contributed by atoms with Crippen molar-refractivity contribution in [3.05, 3.63) is 70.8 Å². The highest BCUT2D eigenvalue weighted by Crippen LogP contribution is 2.38. The summed E-state index contributed by atoms with van der Waals surface area (Å²) in [7, 11) is -3.71. The summed E-state index contributed by atoms with van der Waals surface area (Å²) in [6.45, 7) is 6.65. The number of primary sulfonamides is 1. The molecule has 3 rings (SSSR count). The van der Waals surface area contributed by atoms with Gasteiger partial charge in [-0.15, -0.1) is 0 Å². The van der Waals surface area contributed by atoms with Gasteiger partial charge in [0.15, 0.2) is 0 Å². The number of amides is 1. The van der Waals surface area contributed by atoms with E-state index in [1.165, 1.54) is 17.7 Å². The van der Waals surface area contributed by atoms with Gasteiger partial charge in [-0.2, -0.15) is 0 Å². The lowest BCUT2D eigenvalue weighted by molar-refractivity contribution is -0.122. The van der Waals surface area contributed by atoms with Gasteiger partial charge in [-0.05, 0) is 59.9 Å². The van der Waals surface area contributed by atoms with E-state index >= 15 is 0 Å². The number of hydrogen-bond acceptors (Lipinski definition) is 5. The molecule has 0 spiro atoms. The molecule has 2 aromatic rings. The Bertz CT molecular complexity index is 1240. The zero-order valence-electron chi connectivity index (χ0n) is 23.7. The molecule has 2 atom stereocenters. The minimum absolute atomic E-state index is 0.00896. The van der Waals surface area contributed by atoms with Crippen molar-refractivity contribution in [1.82, 2.24) is 10.6 Å². The molecule has 1 aliphatic rings. The van der Waals surface area contributed by atoms with Crippen molar-refractivity contribution in [2.75, 3.05) is 12.3 Å². The van der Waals surface area contributed by atoms with Crippen LogP contribution in [-0.2, 0) is 32.2 Å². The Balaban J connectivity index is 1.80. The topological polar surface area (TPSA) is 122 Å². The minimum atomic E-state index is -3.71. The quantitative estimate of drug-likeness (QED) is 0.301. The summed E-state index contributed by atoms with van der Waals surface area (Å²) >= 11 is 0. The van der Waals surface area contributed by atoms with Crippen molar-refractivity contribution < 1.29 is 27.1 Å². The number of nitrogens with two attached hydrogens (primary N) is 1. The molecule has 7 nitrogen and oxygen atoms in total. The van der Waals surface area contributed by atoms with Crippen LogP contribution in [0, 0.1) is 11.6 Å². The Kier molecular flexibility index (Phi) is 10.8. The molecule has 0 aromatic heterocycles. The highest BCUT2D eigenvalue weighted by molar-refractivity contribution is 7.89. The maximum absolute atomic E-state index is 13.9. The third-order valence-corrected chi connectivity index (χ3v) is 8.52. The Morgan fingerprint density at radius 2 is 1.73 bits per heavy atom. The average Bonchev–Trinajstić information content (AvgIpc) is 2.85. The first-order valence-electron chi connectivity index (χ1n) is 14.0. The van der Waals surface area contributed by atoms with Crippen LogP contribution in [-0.4, -0.2) is 43.9 Å². The number of halogens is 2. The number of aliphatic hydroxyl groups is 1. The Hall–Kier alpha value is -2.40. The average molecular weight is 580 g/mol. The van der Waals surface area contributed by atoms with E-state index in [1.807, 2.05) is 0 Å². The van der Waals surface area contributed by atoms with E-state index < -0.39 is 39.7 Å². The Labute approximate surface area is 237 Å². The number of benzene rings is 2. The van der Waals surface area contributed by atoms with E-state index in [1.54, 1.807) is 0 Å². The van der Waals surface area contributed by atoms with Crippen LogP contribution in [0.25, 0.3) is 0 Å². The first-order valence-corrected chi connectivity index (χ1v) is 15.7. The molecule has 1 amide bonds. The van der Waals surface area contributed by atoms with Crippen LogP contribution >= 0.6 is 0 Å². The summed E-state index contributed by atoms with van der Waals surface area (Å²) in [5, 5.41) is 22.7. The summed E-state index contributed by atoms with van der Waals surface area (Å²) in [5.41, 5.74) is 2.29. The highest BCUT2D eigenvalue weighted by atomic mass is 32.2. The van der Waals surface area contributed by atoms with Crippen LogP contribution in [0.5, 0.6) is 0 Å². The van der Waals surface area contributed by atoms with Crippen molar-refractivity contribution in [3.8, 4) is 0 Å². The van der Waals surface area contributed by atoms with Crippen molar-refractivity contribution >= 4 is 15.9 Å². The van der Waals surface area contributed by atoms with E-state index in [2.05, 4.69) is 55.7 Å². The molecule has 0 heterocycles. The molecular formula is C30H43F2N3O4S. The lowest BCUT2D eigenvalue weighted by Gasteiger charge is -2.41. The van der Waals surface area contributed by atoms with Crippen LogP contribution < -0.4 is 15.8 Å². The van der Waals surface area contributed by atoms with E-state index in [4.69, 9.17) is 5.14 Å². The van der Waals surface area contributed by atoms with E-state index in [-0.39, 0.29) is 48.1 Å². The smallest absolute Gasteiger partial charge is 0.220 e. The fourth-order valence-corrected chi connectivity index (χ4v) is 5.97. The summed E-state index contributed by atoms with van der Waals surface area (Å²) in [6.07, 6.45) is 3.81. The predicted molar refractivity (Wildman–Crippen MR) is 153 cm³/mol. The number of sulfonamides is 1. The van der Waals surface area contributed by atoms with Crippen LogP contribution in [0.1, 0.15) is 82.4 Å². The maximum Gasteiger partial charge on any atom is 0.220 e. The summed E-state index contributed by atoms with van der Waals surface area (Å²) in [4.78, 5) is 12.7. The van der Waals surface area contributed by atoms with Gasteiger partial charge in [-0.25, -0.2) is 22.3 Å². The van der Waals surface area contributed by atoms with Gasteiger partial charge in [0.2, 0.25) is 15.9 Å². The SMILES string of the molecule is CC(C)(C)c1cccc(C2(NC[C@H](O)[C@H](Cc3cc(F)cc(F)c3)NC(=O)CCCS(N)(=O)=O)CCCCC2)c1. The molecule has 1 fully saturated rings. The summed E-state index contributed by atoms with van der Waals surface area (Å²) < 4.78 is 50.3. The minimum Gasteiger partial charge on any atom is -0.390 e. The fraction of sp³-hybridized carbons (Fsp3) is 0.567. The van der Waals surface area contributed by atoms with Crippen molar-refractivity contribution in [2.45, 2.75) is 95.2 Å². The first-order chi connectivity index (χ1) is 18.7. The number of hydrogen-bond donors (Lipinski definition) is 4. The molecule has 40 heavy (non-hydrogen) atoms. The van der Waals surface area contributed by atoms with E-state index in [9.17, 15) is 27.1 Å². The summed E-state index contributed by atoms with van der Waals surface area (Å²) in [5.74, 6) is -2.32. The first kappa shape index (κ1) is 32.1.